The van der Waals surface area contributed by atoms with E-state index in [4.69, 9.17) is 14.2 Å². The Morgan fingerprint density at radius 3 is 2.62 bits per heavy atom. The van der Waals surface area contributed by atoms with Crippen molar-refractivity contribution in [2.45, 2.75) is 88.3 Å². The van der Waals surface area contributed by atoms with E-state index in [9.17, 15) is 23.2 Å². The molecule has 18 heteroatoms. The molecule has 60 heavy (non-hydrogen) atoms. The quantitative estimate of drug-likeness (QED) is 0.166. The second-order valence-corrected chi connectivity index (χ2v) is 17.1. The molecule has 4 aromatic heterocycles. The molecule has 2 N–H and O–H groups in total. The van der Waals surface area contributed by atoms with E-state index < -0.39 is 23.9 Å². The minimum atomic E-state index is -2.85. The lowest BCUT2D eigenvalue weighted by Crippen LogP contribution is -2.48. The number of piperidine rings is 1. The molecule has 5 aliphatic rings. The first-order valence-corrected chi connectivity index (χ1v) is 21.3. The van der Waals surface area contributed by atoms with Crippen molar-refractivity contribution in [3.63, 3.8) is 0 Å². The summed E-state index contributed by atoms with van der Waals surface area (Å²) in [5, 5.41) is 18.8. The lowest BCUT2D eigenvalue weighted by molar-refractivity contribution is -0.134. The third-order valence-electron chi connectivity index (χ3n) is 13.3. The molecular weight excluding hydrogens is 777 g/mol. The lowest BCUT2D eigenvalue weighted by Gasteiger charge is -2.38. The molecule has 5 fully saturated rings. The van der Waals surface area contributed by atoms with E-state index in [-0.39, 0.29) is 41.3 Å². The zero-order chi connectivity index (χ0) is 40.9. The van der Waals surface area contributed by atoms with Crippen molar-refractivity contribution in [2.24, 2.45) is 5.92 Å². The van der Waals surface area contributed by atoms with Crippen LogP contribution in [-0.2, 0) is 20.7 Å². The molecule has 8 heterocycles. The molecule has 0 radical (unpaired) electrons. The lowest BCUT2D eigenvalue weighted by atomic mass is 9.85. The molecule has 5 aromatic rings. The van der Waals surface area contributed by atoms with Crippen LogP contribution in [0.5, 0.6) is 0 Å². The summed E-state index contributed by atoms with van der Waals surface area (Å²) in [5.74, 6) is -0.332. The van der Waals surface area contributed by atoms with E-state index in [1.54, 1.807) is 17.1 Å². The maximum Gasteiger partial charge on any atom is 0.284 e. The van der Waals surface area contributed by atoms with Gasteiger partial charge in [-0.25, -0.2) is 18.3 Å². The molecule has 1 aromatic carbocycles. The highest BCUT2D eigenvalue weighted by Crippen LogP contribution is 2.37. The minimum absolute atomic E-state index is 0.00782. The molecule has 3 atom stereocenters. The number of aryl methyl sites for hydroxylation is 1. The summed E-state index contributed by atoms with van der Waals surface area (Å²) < 4.78 is 43.2. The van der Waals surface area contributed by atoms with Gasteiger partial charge in [-0.1, -0.05) is 17.3 Å². The average molecular weight is 826 g/mol. The number of amides is 3. The van der Waals surface area contributed by atoms with Gasteiger partial charge in [0.1, 0.15) is 17.1 Å². The predicted molar refractivity (Wildman–Crippen MR) is 215 cm³/mol. The average Bonchev–Trinajstić information content (AvgIpc) is 4.11. The largest absolute Gasteiger partial charge is 0.374 e. The SMILES string of the molecule is O=C1CCC(c2noc3c(CCCN4CCN(CC5CCC(n6cc(NC(=O)c7cnn8ccc(N9CC%10CC9CO%10)nc78)c(C(F)F)n6)CC5)CC4)cccc23)C(=O)N1. The number of alkyl halides is 2. The van der Waals surface area contributed by atoms with Gasteiger partial charge in [-0.05, 0) is 81.5 Å². The third-order valence-corrected chi connectivity index (χ3v) is 13.3. The number of imide groups is 1. The number of halogens is 2. The number of carbonyl (C=O) groups is 3. The molecule has 16 nitrogen and oxygen atoms in total. The maximum atomic E-state index is 14.3. The zero-order valence-electron chi connectivity index (χ0n) is 33.3. The Bertz CT molecular complexity index is 2400. The van der Waals surface area contributed by atoms with Gasteiger partial charge < -0.3 is 29.3 Å². The molecule has 10 rings (SSSR count). The Morgan fingerprint density at radius 2 is 1.85 bits per heavy atom. The standard InChI is InChI=1S/C42H49F2N11O5/c43-39(44)37-33(46-42(58)32-20-45-54-14-12-34(47-40(32)54)53-22-29-19-28(53)24-59-29)23-55(49-37)27-8-6-25(7-9-27)21-52-17-15-51(16-18-52)13-2-4-26-3-1-5-30-36(50-60-38(26)30)31-10-11-35(56)48-41(31)57/h1,3,5,12,14,20,23,25,27-29,31,39H,2,4,6-11,13,15-19,21-22,24H2,(H,46,58)(H,48,56,57). The Hall–Kier alpha value is -5.33. The fraction of sp³-hybridized carbons (Fsp3) is 0.548. The number of ether oxygens (including phenoxy) is 1. The van der Waals surface area contributed by atoms with Crippen LogP contribution in [0.1, 0.15) is 97.1 Å². The van der Waals surface area contributed by atoms with Gasteiger partial charge in [-0.15, -0.1) is 0 Å². The molecule has 4 aliphatic heterocycles. The van der Waals surface area contributed by atoms with E-state index in [0.717, 1.165) is 113 Å². The van der Waals surface area contributed by atoms with Crippen molar-refractivity contribution in [2.75, 3.05) is 62.6 Å². The summed E-state index contributed by atoms with van der Waals surface area (Å²) in [5.41, 5.74) is 2.54. The summed E-state index contributed by atoms with van der Waals surface area (Å²) in [6, 6.07) is 8.07. The molecule has 316 valence electrons. The first-order chi connectivity index (χ1) is 29.2. The summed E-state index contributed by atoms with van der Waals surface area (Å²) in [6.45, 7) is 7.40. The predicted octanol–water partition coefficient (Wildman–Crippen LogP) is 4.74. The van der Waals surface area contributed by atoms with Gasteiger partial charge >= 0.3 is 0 Å². The third kappa shape index (κ3) is 7.64. The molecule has 1 saturated carbocycles. The fourth-order valence-electron chi connectivity index (χ4n) is 9.99. The highest BCUT2D eigenvalue weighted by atomic mass is 19.3. The van der Waals surface area contributed by atoms with Gasteiger partial charge in [0.15, 0.2) is 16.9 Å². The van der Waals surface area contributed by atoms with Crippen LogP contribution >= 0.6 is 0 Å². The van der Waals surface area contributed by atoms with Crippen LogP contribution in [0.15, 0.2) is 47.4 Å². The van der Waals surface area contributed by atoms with Crippen LogP contribution in [0.2, 0.25) is 0 Å². The van der Waals surface area contributed by atoms with Gasteiger partial charge in [-0.2, -0.15) is 10.2 Å². The number of benzene rings is 1. The van der Waals surface area contributed by atoms with E-state index in [0.29, 0.717) is 36.7 Å². The number of rotatable bonds is 12. The number of para-hydroxylation sites is 1. The Morgan fingerprint density at radius 1 is 1.02 bits per heavy atom. The van der Waals surface area contributed by atoms with E-state index in [1.165, 1.54) is 10.7 Å². The van der Waals surface area contributed by atoms with Crippen molar-refractivity contribution in [3.8, 4) is 0 Å². The zero-order valence-corrected chi connectivity index (χ0v) is 33.3. The number of morpholine rings is 1. The van der Waals surface area contributed by atoms with Crippen LogP contribution in [0, 0.1) is 5.92 Å². The summed E-state index contributed by atoms with van der Waals surface area (Å²) in [4.78, 5) is 49.6. The minimum Gasteiger partial charge on any atom is -0.374 e. The summed E-state index contributed by atoms with van der Waals surface area (Å²) in [7, 11) is 0. The number of anilines is 2. The van der Waals surface area contributed by atoms with Gasteiger partial charge in [0, 0.05) is 63.5 Å². The molecule has 1 aliphatic carbocycles. The van der Waals surface area contributed by atoms with Gasteiger partial charge in [0.2, 0.25) is 11.8 Å². The summed E-state index contributed by atoms with van der Waals surface area (Å²) in [6.07, 6.45) is 9.20. The molecule has 0 spiro atoms. The first kappa shape index (κ1) is 38.8. The maximum absolute atomic E-state index is 14.3. The van der Waals surface area contributed by atoms with Crippen LogP contribution in [0.3, 0.4) is 0 Å². The molecule has 4 saturated heterocycles. The van der Waals surface area contributed by atoms with Crippen LogP contribution in [0.4, 0.5) is 20.3 Å². The topological polar surface area (TPSA) is 168 Å². The van der Waals surface area contributed by atoms with Crippen LogP contribution in [0.25, 0.3) is 16.6 Å². The van der Waals surface area contributed by atoms with Crippen LogP contribution in [-0.4, -0.2) is 122 Å². The fourth-order valence-corrected chi connectivity index (χ4v) is 9.99. The Balaban J connectivity index is 0.690. The Kier molecular flexibility index (Phi) is 10.5. The normalized spacial score (nSPS) is 25.2. The molecular formula is C42H49F2N11O5. The summed E-state index contributed by atoms with van der Waals surface area (Å²) >= 11 is 0. The van der Waals surface area contributed by atoms with Crippen molar-refractivity contribution in [3.05, 3.63) is 65.4 Å². The van der Waals surface area contributed by atoms with Crippen molar-refractivity contribution >= 4 is 45.8 Å². The van der Waals surface area contributed by atoms with Crippen molar-refractivity contribution in [1.82, 2.24) is 44.7 Å². The molecule has 2 bridgehead atoms. The van der Waals surface area contributed by atoms with Crippen molar-refractivity contribution < 1.29 is 32.4 Å². The van der Waals surface area contributed by atoms with Gasteiger partial charge in [0.25, 0.3) is 12.3 Å². The smallest absolute Gasteiger partial charge is 0.284 e. The van der Waals surface area contributed by atoms with E-state index >= 15 is 0 Å². The van der Waals surface area contributed by atoms with Crippen molar-refractivity contribution in [1.29, 1.82) is 0 Å². The Labute approximate surface area is 344 Å². The number of aromatic nitrogens is 6. The number of hydrogen-bond donors (Lipinski definition) is 2. The second-order valence-electron chi connectivity index (χ2n) is 17.1. The number of fused-ring (bicyclic) bond motifs is 4. The highest BCUT2D eigenvalue weighted by molar-refractivity contribution is 6.08. The monoisotopic (exact) mass is 825 g/mol. The number of piperazine rings is 1. The van der Waals surface area contributed by atoms with E-state index in [2.05, 4.69) is 46.8 Å². The number of nitrogens with zero attached hydrogens (tertiary/aromatic N) is 9. The highest BCUT2D eigenvalue weighted by Gasteiger charge is 2.40. The molecule has 3 unspecified atom stereocenters. The number of nitrogens with one attached hydrogen (secondary N) is 2. The molecule has 3 amide bonds. The number of hydrogen-bond acceptors (Lipinski definition) is 12. The van der Waals surface area contributed by atoms with Gasteiger partial charge in [-0.3, -0.25) is 24.4 Å². The van der Waals surface area contributed by atoms with Crippen LogP contribution < -0.4 is 15.5 Å². The first-order valence-electron chi connectivity index (χ1n) is 21.3. The second kappa shape index (κ2) is 16.3. The van der Waals surface area contributed by atoms with Gasteiger partial charge in [0.05, 0.1) is 42.6 Å². The van der Waals surface area contributed by atoms with E-state index in [1.807, 2.05) is 18.2 Å². The number of carbonyl (C=O) groups excluding carboxylic acids is 3.